The van der Waals surface area contributed by atoms with Crippen LogP contribution in [0.3, 0.4) is 0 Å². The van der Waals surface area contributed by atoms with Gasteiger partial charge in [0.2, 0.25) is 0 Å². The molecule has 0 spiro atoms. The van der Waals surface area contributed by atoms with E-state index < -0.39 is 5.97 Å². The minimum Gasteiger partial charge on any atom is -0.480 e. The molecule has 5 heteroatoms. The number of carboxylic acids is 1. The molecule has 0 saturated heterocycles. The SMILES string of the molecule is Cc1c(-c2ccc([C@@H](C)N(C)C)cc2)cnn1CC(=O)O. The van der Waals surface area contributed by atoms with Gasteiger partial charge in [0.1, 0.15) is 6.54 Å². The van der Waals surface area contributed by atoms with Gasteiger partial charge in [-0.05, 0) is 39.1 Å². The first-order chi connectivity index (χ1) is 9.90. The first-order valence-corrected chi connectivity index (χ1v) is 6.91. The summed E-state index contributed by atoms with van der Waals surface area (Å²) in [6.45, 7) is 3.94. The fraction of sp³-hybridized carbons (Fsp3) is 0.375. The highest BCUT2D eigenvalue weighted by Gasteiger charge is 2.12. The Kier molecular flexibility index (Phi) is 4.43. The Morgan fingerprint density at radius 1 is 1.33 bits per heavy atom. The molecule has 0 aliphatic carbocycles. The highest BCUT2D eigenvalue weighted by Crippen LogP contribution is 2.25. The van der Waals surface area contributed by atoms with E-state index in [1.54, 1.807) is 6.20 Å². The van der Waals surface area contributed by atoms with Crippen LogP contribution in [0.4, 0.5) is 0 Å². The zero-order chi connectivity index (χ0) is 15.6. The first-order valence-electron chi connectivity index (χ1n) is 6.91. The van der Waals surface area contributed by atoms with Gasteiger partial charge in [0, 0.05) is 17.3 Å². The standard InChI is InChI=1S/C16H21N3O2/c1-11(18(3)4)13-5-7-14(8-6-13)15-9-17-19(12(15)2)10-16(20)21/h5-9,11H,10H2,1-4H3,(H,20,21)/t11-/m1/s1. The van der Waals surface area contributed by atoms with E-state index in [4.69, 9.17) is 5.11 Å². The average molecular weight is 287 g/mol. The maximum Gasteiger partial charge on any atom is 0.325 e. The largest absolute Gasteiger partial charge is 0.480 e. The van der Waals surface area contributed by atoms with Crippen molar-refractivity contribution in [3.63, 3.8) is 0 Å². The quantitative estimate of drug-likeness (QED) is 0.918. The molecule has 2 aromatic rings. The molecular formula is C16H21N3O2. The van der Waals surface area contributed by atoms with Gasteiger partial charge in [-0.15, -0.1) is 0 Å². The normalized spacial score (nSPS) is 12.6. The molecule has 21 heavy (non-hydrogen) atoms. The summed E-state index contributed by atoms with van der Waals surface area (Å²) < 4.78 is 1.51. The van der Waals surface area contributed by atoms with Crippen molar-refractivity contribution in [2.75, 3.05) is 14.1 Å². The molecule has 5 nitrogen and oxygen atoms in total. The van der Waals surface area contributed by atoms with E-state index in [2.05, 4.69) is 55.3 Å². The van der Waals surface area contributed by atoms with Gasteiger partial charge >= 0.3 is 5.97 Å². The summed E-state index contributed by atoms with van der Waals surface area (Å²) in [6, 6.07) is 8.69. The average Bonchev–Trinajstić information content (AvgIpc) is 2.79. The molecule has 0 aliphatic rings. The summed E-state index contributed by atoms with van der Waals surface area (Å²) >= 11 is 0. The Bertz CT molecular complexity index is 629. The zero-order valence-electron chi connectivity index (χ0n) is 12.9. The smallest absolute Gasteiger partial charge is 0.325 e. The molecule has 1 atom stereocenters. The van der Waals surface area contributed by atoms with Crippen molar-refractivity contribution in [1.82, 2.24) is 14.7 Å². The molecule has 1 aromatic heterocycles. The summed E-state index contributed by atoms with van der Waals surface area (Å²) in [7, 11) is 4.11. The van der Waals surface area contributed by atoms with Crippen LogP contribution in [0.2, 0.25) is 0 Å². The predicted molar refractivity (Wildman–Crippen MR) is 82.1 cm³/mol. The molecule has 0 radical (unpaired) electrons. The van der Waals surface area contributed by atoms with E-state index in [1.165, 1.54) is 10.2 Å². The van der Waals surface area contributed by atoms with E-state index in [1.807, 2.05) is 6.92 Å². The Hall–Kier alpha value is -2.14. The van der Waals surface area contributed by atoms with Gasteiger partial charge in [0.15, 0.2) is 0 Å². The maximum absolute atomic E-state index is 10.8. The maximum atomic E-state index is 10.8. The molecule has 1 heterocycles. The molecule has 1 N–H and O–H groups in total. The van der Waals surface area contributed by atoms with Crippen molar-refractivity contribution in [3.05, 3.63) is 41.7 Å². The van der Waals surface area contributed by atoms with Crippen LogP contribution in [0, 0.1) is 6.92 Å². The molecule has 0 aliphatic heterocycles. The number of carboxylic acid groups (broad SMARTS) is 1. The van der Waals surface area contributed by atoms with Crippen molar-refractivity contribution in [3.8, 4) is 11.1 Å². The van der Waals surface area contributed by atoms with E-state index in [0.29, 0.717) is 6.04 Å². The lowest BCUT2D eigenvalue weighted by Gasteiger charge is -2.20. The first kappa shape index (κ1) is 15.3. The summed E-state index contributed by atoms with van der Waals surface area (Å²) in [4.78, 5) is 12.9. The lowest BCUT2D eigenvalue weighted by atomic mass is 10.0. The van der Waals surface area contributed by atoms with E-state index >= 15 is 0 Å². The van der Waals surface area contributed by atoms with Gasteiger partial charge in [-0.3, -0.25) is 9.48 Å². The molecule has 0 bridgehead atoms. The van der Waals surface area contributed by atoms with Crippen molar-refractivity contribution in [2.24, 2.45) is 0 Å². The van der Waals surface area contributed by atoms with Crippen LogP contribution in [-0.4, -0.2) is 39.9 Å². The third kappa shape index (κ3) is 3.31. The van der Waals surface area contributed by atoms with Crippen molar-refractivity contribution in [2.45, 2.75) is 26.4 Å². The summed E-state index contributed by atoms with van der Waals surface area (Å²) in [5.74, 6) is -0.886. The van der Waals surface area contributed by atoms with E-state index in [0.717, 1.165) is 16.8 Å². The zero-order valence-corrected chi connectivity index (χ0v) is 12.9. The molecule has 0 amide bonds. The number of hydrogen-bond donors (Lipinski definition) is 1. The number of carbonyl (C=O) groups is 1. The van der Waals surface area contributed by atoms with Crippen LogP contribution in [0.5, 0.6) is 0 Å². The molecule has 2 rings (SSSR count). The highest BCUT2D eigenvalue weighted by molar-refractivity contribution is 5.69. The Morgan fingerprint density at radius 3 is 2.48 bits per heavy atom. The summed E-state index contributed by atoms with van der Waals surface area (Å²) in [5, 5.41) is 13.0. The van der Waals surface area contributed by atoms with E-state index in [9.17, 15) is 4.79 Å². The molecule has 0 saturated carbocycles. The van der Waals surface area contributed by atoms with Crippen molar-refractivity contribution < 1.29 is 9.90 Å². The van der Waals surface area contributed by atoms with Gasteiger partial charge in [0.05, 0.1) is 6.20 Å². The van der Waals surface area contributed by atoms with Crippen LogP contribution in [0.15, 0.2) is 30.5 Å². The van der Waals surface area contributed by atoms with Gasteiger partial charge < -0.3 is 10.0 Å². The number of benzene rings is 1. The number of rotatable bonds is 5. The van der Waals surface area contributed by atoms with Crippen LogP contribution in [-0.2, 0) is 11.3 Å². The minimum atomic E-state index is -0.886. The Labute approximate surface area is 124 Å². The third-order valence-corrected chi connectivity index (χ3v) is 3.87. The Balaban J connectivity index is 2.27. The highest BCUT2D eigenvalue weighted by atomic mass is 16.4. The van der Waals surface area contributed by atoms with Gasteiger partial charge in [-0.1, -0.05) is 24.3 Å². The lowest BCUT2D eigenvalue weighted by molar-refractivity contribution is -0.137. The van der Waals surface area contributed by atoms with Gasteiger partial charge in [-0.25, -0.2) is 0 Å². The second-order valence-corrected chi connectivity index (χ2v) is 5.46. The van der Waals surface area contributed by atoms with Gasteiger partial charge in [-0.2, -0.15) is 5.10 Å². The molecule has 0 unspecified atom stereocenters. The monoisotopic (exact) mass is 287 g/mol. The van der Waals surface area contributed by atoms with Crippen molar-refractivity contribution >= 4 is 5.97 Å². The van der Waals surface area contributed by atoms with Gasteiger partial charge in [0.25, 0.3) is 0 Å². The van der Waals surface area contributed by atoms with Crippen molar-refractivity contribution in [1.29, 1.82) is 0 Å². The number of nitrogens with zero attached hydrogens (tertiary/aromatic N) is 3. The number of hydrogen-bond acceptors (Lipinski definition) is 3. The fourth-order valence-corrected chi connectivity index (χ4v) is 2.26. The third-order valence-electron chi connectivity index (χ3n) is 3.87. The number of aliphatic carboxylic acids is 1. The van der Waals surface area contributed by atoms with E-state index in [-0.39, 0.29) is 6.54 Å². The fourth-order valence-electron chi connectivity index (χ4n) is 2.26. The minimum absolute atomic E-state index is 0.110. The Morgan fingerprint density at radius 2 is 1.95 bits per heavy atom. The summed E-state index contributed by atoms with van der Waals surface area (Å²) in [6.07, 6.45) is 1.72. The summed E-state index contributed by atoms with van der Waals surface area (Å²) in [5.41, 5.74) is 4.14. The number of aromatic nitrogens is 2. The topological polar surface area (TPSA) is 58.4 Å². The predicted octanol–water partition coefficient (Wildman–Crippen LogP) is 2.57. The second-order valence-electron chi connectivity index (χ2n) is 5.46. The van der Waals surface area contributed by atoms with Crippen LogP contribution in [0.25, 0.3) is 11.1 Å². The van der Waals surface area contributed by atoms with Crippen LogP contribution >= 0.6 is 0 Å². The molecular weight excluding hydrogens is 266 g/mol. The molecule has 0 fully saturated rings. The second kappa shape index (κ2) is 6.10. The van der Waals surface area contributed by atoms with Crippen LogP contribution < -0.4 is 0 Å². The molecule has 112 valence electrons. The lowest BCUT2D eigenvalue weighted by Crippen LogP contribution is -2.16. The van der Waals surface area contributed by atoms with Crippen LogP contribution in [0.1, 0.15) is 24.2 Å². The molecule has 1 aromatic carbocycles.